The minimum absolute atomic E-state index is 0.164. The number of ether oxygens (including phenoxy) is 1. The van der Waals surface area contributed by atoms with Gasteiger partial charge >= 0.3 is 0 Å². The maximum Gasteiger partial charge on any atom is 0.223 e. The van der Waals surface area contributed by atoms with Gasteiger partial charge in [0.2, 0.25) is 5.95 Å². The van der Waals surface area contributed by atoms with E-state index in [9.17, 15) is 0 Å². The van der Waals surface area contributed by atoms with Crippen LogP contribution in [0.3, 0.4) is 0 Å². The lowest BCUT2D eigenvalue weighted by Crippen LogP contribution is -2.22. The van der Waals surface area contributed by atoms with E-state index in [1.54, 1.807) is 7.11 Å². The van der Waals surface area contributed by atoms with Crippen LogP contribution in [0.25, 0.3) is 11.0 Å². The van der Waals surface area contributed by atoms with E-state index < -0.39 is 0 Å². The normalized spacial score (nSPS) is 11.6. The smallest absolute Gasteiger partial charge is 0.223 e. The first kappa shape index (κ1) is 21.3. The molecule has 0 amide bonds. The number of hydrogen-bond acceptors (Lipinski definition) is 6. The highest BCUT2D eigenvalue weighted by Gasteiger charge is 2.17. The van der Waals surface area contributed by atoms with Crippen LogP contribution >= 0.6 is 11.6 Å². The number of aromatic nitrogens is 4. The first-order chi connectivity index (χ1) is 13.8. The Kier molecular flexibility index (Phi) is 6.59. The van der Waals surface area contributed by atoms with E-state index in [1.807, 2.05) is 24.6 Å². The zero-order chi connectivity index (χ0) is 21.1. The fourth-order valence-corrected chi connectivity index (χ4v) is 3.84. The first-order valence-electron chi connectivity index (χ1n) is 9.82. The Labute approximate surface area is 176 Å². The number of methoxy groups -OCH3 is 1. The molecule has 0 bridgehead atoms. The van der Waals surface area contributed by atoms with Crippen LogP contribution in [0.5, 0.6) is 5.75 Å². The molecule has 0 spiro atoms. The highest BCUT2D eigenvalue weighted by molar-refractivity contribution is 6.34. The van der Waals surface area contributed by atoms with Gasteiger partial charge in [0.25, 0.3) is 0 Å². The summed E-state index contributed by atoms with van der Waals surface area (Å²) >= 11 is 6.45. The van der Waals surface area contributed by atoms with Crippen molar-refractivity contribution in [1.82, 2.24) is 24.8 Å². The van der Waals surface area contributed by atoms with Gasteiger partial charge in [0, 0.05) is 23.5 Å². The SMILES string of the molecule is COc1c(C)cnc(Cn2cc(CCNCC(C)C)c3c(Cl)nc(N)nc32)c1C. The van der Waals surface area contributed by atoms with Crippen LogP contribution < -0.4 is 15.8 Å². The van der Waals surface area contributed by atoms with Crippen LogP contribution in [0.4, 0.5) is 5.95 Å². The van der Waals surface area contributed by atoms with Gasteiger partial charge in [0.1, 0.15) is 16.5 Å². The minimum Gasteiger partial charge on any atom is -0.496 e. The van der Waals surface area contributed by atoms with Crippen LogP contribution in [0.15, 0.2) is 12.4 Å². The van der Waals surface area contributed by atoms with Crippen molar-refractivity contribution in [2.75, 3.05) is 25.9 Å². The van der Waals surface area contributed by atoms with Gasteiger partial charge in [-0.25, -0.2) is 4.98 Å². The number of nitrogens with one attached hydrogen (secondary N) is 1. The van der Waals surface area contributed by atoms with Gasteiger partial charge in [0.05, 0.1) is 24.7 Å². The third-order valence-corrected chi connectivity index (χ3v) is 5.23. The largest absolute Gasteiger partial charge is 0.496 e. The van der Waals surface area contributed by atoms with Crippen molar-refractivity contribution in [2.24, 2.45) is 5.92 Å². The molecule has 0 aliphatic heterocycles. The van der Waals surface area contributed by atoms with Crippen LogP contribution in [-0.2, 0) is 13.0 Å². The molecule has 0 fully saturated rings. The number of nitrogen functional groups attached to an aromatic ring is 1. The third-order valence-electron chi connectivity index (χ3n) is 4.96. The number of anilines is 1. The maximum atomic E-state index is 6.45. The second kappa shape index (κ2) is 8.97. The number of hydrogen-bond donors (Lipinski definition) is 2. The summed E-state index contributed by atoms with van der Waals surface area (Å²) in [5.74, 6) is 1.63. The lowest BCUT2D eigenvalue weighted by Gasteiger charge is -2.13. The molecule has 3 N–H and O–H groups in total. The minimum atomic E-state index is 0.164. The number of nitrogens with zero attached hydrogens (tertiary/aromatic N) is 4. The summed E-state index contributed by atoms with van der Waals surface area (Å²) in [4.78, 5) is 13.2. The van der Waals surface area contributed by atoms with E-state index in [1.165, 1.54) is 0 Å². The van der Waals surface area contributed by atoms with E-state index in [0.29, 0.717) is 17.6 Å². The second-order valence-electron chi connectivity index (χ2n) is 7.75. The predicted octanol–water partition coefficient (Wildman–Crippen LogP) is 3.52. The molecule has 156 valence electrons. The van der Waals surface area contributed by atoms with Crippen molar-refractivity contribution in [3.8, 4) is 5.75 Å². The van der Waals surface area contributed by atoms with Gasteiger partial charge in [-0.1, -0.05) is 25.4 Å². The van der Waals surface area contributed by atoms with Crippen molar-refractivity contribution < 1.29 is 4.74 Å². The fraction of sp³-hybridized carbons (Fsp3) is 0.476. The summed E-state index contributed by atoms with van der Waals surface area (Å²) in [6, 6.07) is 0. The summed E-state index contributed by atoms with van der Waals surface area (Å²) in [6.07, 6.45) is 4.74. The maximum absolute atomic E-state index is 6.45. The summed E-state index contributed by atoms with van der Waals surface area (Å²) in [7, 11) is 1.68. The lowest BCUT2D eigenvalue weighted by molar-refractivity contribution is 0.406. The molecule has 3 aromatic heterocycles. The first-order valence-corrected chi connectivity index (χ1v) is 10.2. The molecule has 3 heterocycles. The molecule has 0 atom stereocenters. The van der Waals surface area contributed by atoms with Crippen molar-refractivity contribution in [3.63, 3.8) is 0 Å². The van der Waals surface area contributed by atoms with Gasteiger partial charge in [0.15, 0.2) is 0 Å². The molecule has 7 nitrogen and oxygen atoms in total. The molecule has 0 unspecified atom stereocenters. The molecule has 3 rings (SSSR count). The van der Waals surface area contributed by atoms with Crippen molar-refractivity contribution in [1.29, 1.82) is 0 Å². The zero-order valence-corrected chi connectivity index (χ0v) is 18.5. The van der Waals surface area contributed by atoms with Crippen molar-refractivity contribution in [3.05, 3.63) is 39.9 Å². The molecule has 0 aliphatic rings. The van der Waals surface area contributed by atoms with Gasteiger partial charge < -0.3 is 20.4 Å². The van der Waals surface area contributed by atoms with Gasteiger partial charge in [-0.3, -0.25) is 4.98 Å². The highest BCUT2D eigenvalue weighted by Crippen LogP contribution is 2.29. The van der Waals surface area contributed by atoms with E-state index in [4.69, 9.17) is 22.1 Å². The Bertz CT molecular complexity index is 1010. The average Bonchev–Trinajstić information content (AvgIpc) is 2.99. The van der Waals surface area contributed by atoms with Gasteiger partial charge in [-0.2, -0.15) is 4.98 Å². The summed E-state index contributed by atoms with van der Waals surface area (Å²) in [6.45, 7) is 10.8. The van der Waals surface area contributed by atoms with Crippen LogP contribution in [0.2, 0.25) is 5.15 Å². The topological polar surface area (TPSA) is 90.9 Å². The predicted molar refractivity (Wildman–Crippen MR) is 118 cm³/mol. The Morgan fingerprint density at radius 2 is 2.03 bits per heavy atom. The summed E-state index contributed by atoms with van der Waals surface area (Å²) in [5.41, 5.74) is 10.6. The molecular formula is C21H29ClN6O. The number of halogens is 1. The van der Waals surface area contributed by atoms with E-state index >= 15 is 0 Å². The molecule has 0 aromatic carbocycles. The molecule has 8 heteroatoms. The van der Waals surface area contributed by atoms with Crippen molar-refractivity contribution >= 4 is 28.6 Å². The summed E-state index contributed by atoms with van der Waals surface area (Å²) in [5, 5.41) is 4.71. The average molecular weight is 417 g/mol. The molecule has 0 saturated heterocycles. The monoisotopic (exact) mass is 416 g/mol. The quantitative estimate of drug-likeness (QED) is 0.431. The third kappa shape index (κ3) is 4.62. The van der Waals surface area contributed by atoms with Crippen LogP contribution in [0, 0.1) is 19.8 Å². The highest BCUT2D eigenvalue weighted by atomic mass is 35.5. The van der Waals surface area contributed by atoms with E-state index in [2.05, 4.69) is 40.3 Å². The zero-order valence-electron chi connectivity index (χ0n) is 17.7. The Hall–Kier alpha value is -2.38. The van der Waals surface area contributed by atoms with Crippen LogP contribution in [0.1, 0.15) is 36.2 Å². The van der Waals surface area contributed by atoms with Crippen molar-refractivity contribution in [2.45, 2.75) is 40.7 Å². The summed E-state index contributed by atoms with van der Waals surface area (Å²) < 4.78 is 7.59. The fourth-order valence-electron chi connectivity index (χ4n) is 3.55. The van der Waals surface area contributed by atoms with Crippen LogP contribution in [-0.4, -0.2) is 39.7 Å². The number of pyridine rings is 1. The Balaban J connectivity index is 1.98. The second-order valence-corrected chi connectivity index (χ2v) is 8.11. The standard InChI is InChI=1S/C21H29ClN6O/c1-12(2)8-24-7-6-15-10-28(20-17(15)19(22)26-21(23)27-20)11-16-14(4)18(29-5)13(3)9-25-16/h9-10,12,24H,6-8,11H2,1-5H3,(H2,23,26,27). The van der Waals surface area contributed by atoms with Gasteiger partial charge in [-0.15, -0.1) is 0 Å². The molecular weight excluding hydrogens is 388 g/mol. The number of nitrogens with two attached hydrogens (primary N) is 1. The number of aryl methyl sites for hydroxylation is 1. The molecule has 0 radical (unpaired) electrons. The van der Waals surface area contributed by atoms with Gasteiger partial charge in [-0.05, 0) is 44.8 Å². The number of fused-ring (bicyclic) bond motifs is 1. The Morgan fingerprint density at radius 3 is 2.72 bits per heavy atom. The molecule has 0 saturated carbocycles. The lowest BCUT2D eigenvalue weighted by atomic mass is 10.1. The Morgan fingerprint density at radius 1 is 1.28 bits per heavy atom. The van der Waals surface area contributed by atoms with E-state index in [0.717, 1.165) is 58.7 Å². The number of rotatable bonds is 8. The molecule has 29 heavy (non-hydrogen) atoms. The molecule has 0 aliphatic carbocycles. The van der Waals surface area contributed by atoms with E-state index in [-0.39, 0.29) is 5.95 Å². The molecule has 3 aromatic rings.